The van der Waals surface area contributed by atoms with Gasteiger partial charge >= 0.3 is 0 Å². The van der Waals surface area contributed by atoms with Crippen LogP contribution >= 0.6 is 12.6 Å². The third-order valence-corrected chi connectivity index (χ3v) is 8.05. The van der Waals surface area contributed by atoms with Gasteiger partial charge in [-0.1, -0.05) is 31.8 Å². The first-order chi connectivity index (χ1) is 17.6. The van der Waals surface area contributed by atoms with Gasteiger partial charge in [0.2, 0.25) is 5.88 Å². The normalized spacial score (nSPS) is 25.4. The fraction of sp³-hybridized carbons (Fsp3) is 0.786. The Labute approximate surface area is 224 Å². The Balaban J connectivity index is 0.00000176. The van der Waals surface area contributed by atoms with Crippen LogP contribution in [0.5, 0.6) is 0 Å². The molecule has 1 amide bonds. The quantitative estimate of drug-likeness (QED) is 0.0811. The van der Waals surface area contributed by atoms with Crippen molar-refractivity contribution in [1.29, 1.82) is 5.41 Å². The van der Waals surface area contributed by atoms with Crippen LogP contribution in [0.15, 0.2) is 22.7 Å². The van der Waals surface area contributed by atoms with E-state index < -0.39 is 0 Å². The lowest BCUT2D eigenvalue weighted by molar-refractivity contribution is -0.116. The average Bonchev–Trinajstić information content (AvgIpc) is 3.19. The van der Waals surface area contributed by atoms with Gasteiger partial charge in [0.1, 0.15) is 5.57 Å². The number of carbonyl (C=O) groups is 1. The summed E-state index contributed by atoms with van der Waals surface area (Å²) in [6.45, 7) is 6.53. The molecule has 36 heavy (non-hydrogen) atoms. The molecule has 1 heterocycles. The molecule has 0 radical (unpaired) electrons. The summed E-state index contributed by atoms with van der Waals surface area (Å²) < 4.78 is 6.22. The van der Waals surface area contributed by atoms with Gasteiger partial charge < -0.3 is 31.4 Å². The molecule has 1 aliphatic heterocycles. The molecule has 8 heteroatoms. The summed E-state index contributed by atoms with van der Waals surface area (Å²) in [6.07, 6.45) is 15.8. The summed E-state index contributed by atoms with van der Waals surface area (Å²) in [5.74, 6) is 2.15. The van der Waals surface area contributed by atoms with Crippen LogP contribution in [-0.4, -0.2) is 57.2 Å². The maximum atomic E-state index is 13.3. The third kappa shape index (κ3) is 8.80. The number of hydrogen-bond acceptors (Lipinski definition) is 7. The first kappa shape index (κ1) is 29.1. The molecule has 5 N–H and O–H groups in total. The van der Waals surface area contributed by atoms with Crippen molar-refractivity contribution in [3.05, 3.63) is 22.7 Å². The molecule has 2 unspecified atom stereocenters. The van der Waals surface area contributed by atoms with Crippen molar-refractivity contribution >= 4 is 24.8 Å². The lowest BCUT2D eigenvalue weighted by Crippen LogP contribution is -2.42. The Morgan fingerprint density at radius 2 is 1.83 bits per heavy atom. The Morgan fingerprint density at radius 1 is 1.08 bits per heavy atom. The van der Waals surface area contributed by atoms with Crippen molar-refractivity contribution in [2.45, 2.75) is 83.6 Å². The highest BCUT2D eigenvalue weighted by Crippen LogP contribution is 2.43. The lowest BCUT2D eigenvalue weighted by atomic mass is 9.84. The van der Waals surface area contributed by atoms with Crippen LogP contribution in [0.25, 0.3) is 0 Å². The molecule has 1 saturated heterocycles. The van der Waals surface area contributed by atoms with E-state index in [1.807, 2.05) is 0 Å². The maximum absolute atomic E-state index is 13.3. The number of allylic oxidation sites excluding steroid dienone is 2. The smallest absolute Gasteiger partial charge is 0.262 e. The topological polar surface area (TPSA) is 98.3 Å². The molecule has 0 aromatic carbocycles. The molecule has 2 bridgehead atoms. The standard InChI is InChI=1S/C27H45N5O2.CH4S/c1-19-13-21-15-22(14-19)25(16-21)32-26(33)24(17-28)27(34-18-20-5-3-2-4-6-20)31-12-11-30-23-7-9-29-10-8-23;1-2/h17,19-21,23,28-31H,2-16,18H2,1H3,(H,32,33);2H,1H3/b27-24-,28-17?;. The molecular formula is C28H49N5O2S. The first-order valence-corrected chi connectivity index (χ1v) is 15.0. The number of hydrogen-bond donors (Lipinski definition) is 6. The number of fused-ring (bicyclic) bond motifs is 2. The van der Waals surface area contributed by atoms with E-state index >= 15 is 0 Å². The largest absolute Gasteiger partial charge is 0.478 e. The van der Waals surface area contributed by atoms with Gasteiger partial charge in [-0.25, -0.2) is 0 Å². The zero-order chi connectivity index (χ0) is 25.8. The second-order valence-electron chi connectivity index (χ2n) is 11.0. The van der Waals surface area contributed by atoms with Crippen LogP contribution in [0.3, 0.4) is 0 Å². The maximum Gasteiger partial charge on any atom is 0.262 e. The molecule has 2 atom stereocenters. The molecule has 3 fully saturated rings. The minimum absolute atomic E-state index is 0.213. The van der Waals surface area contributed by atoms with Crippen LogP contribution in [0.2, 0.25) is 0 Å². The van der Waals surface area contributed by atoms with Crippen molar-refractivity contribution in [2.24, 2.45) is 17.8 Å². The van der Waals surface area contributed by atoms with Crippen molar-refractivity contribution in [3.8, 4) is 0 Å². The third-order valence-electron chi connectivity index (χ3n) is 8.05. The number of carbonyl (C=O) groups excluding carboxylic acids is 1. The average molecular weight is 520 g/mol. The zero-order valence-electron chi connectivity index (χ0n) is 22.5. The fourth-order valence-corrected chi connectivity index (χ4v) is 6.26. The molecule has 4 aliphatic rings. The van der Waals surface area contributed by atoms with Gasteiger partial charge in [-0.2, -0.15) is 12.6 Å². The van der Waals surface area contributed by atoms with E-state index in [1.165, 1.54) is 44.1 Å². The van der Waals surface area contributed by atoms with Crippen LogP contribution < -0.4 is 21.3 Å². The van der Waals surface area contributed by atoms with Gasteiger partial charge in [0.15, 0.2) is 0 Å². The van der Waals surface area contributed by atoms with Gasteiger partial charge in [0.05, 0.1) is 6.61 Å². The molecule has 0 aromatic heterocycles. The Kier molecular flexibility index (Phi) is 12.6. The highest BCUT2D eigenvalue weighted by atomic mass is 32.1. The van der Waals surface area contributed by atoms with Crippen molar-refractivity contribution < 1.29 is 9.53 Å². The molecule has 0 spiro atoms. The molecular weight excluding hydrogens is 470 g/mol. The summed E-state index contributed by atoms with van der Waals surface area (Å²) >= 11 is 3.53. The minimum atomic E-state index is -0.213. The van der Waals surface area contributed by atoms with E-state index in [9.17, 15) is 4.79 Å². The van der Waals surface area contributed by atoms with E-state index in [4.69, 9.17) is 10.1 Å². The number of rotatable bonds is 11. The highest BCUT2D eigenvalue weighted by Gasteiger charge is 2.32. The van der Waals surface area contributed by atoms with Crippen molar-refractivity contribution in [1.82, 2.24) is 21.3 Å². The monoisotopic (exact) mass is 519 g/mol. The van der Waals surface area contributed by atoms with Crippen LogP contribution in [0.1, 0.15) is 77.6 Å². The van der Waals surface area contributed by atoms with E-state index in [2.05, 4.69) is 40.8 Å². The summed E-state index contributed by atoms with van der Waals surface area (Å²) in [6, 6.07) is 0.543. The Bertz CT molecular complexity index is 772. The van der Waals surface area contributed by atoms with Gasteiger partial charge in [-0.3, -0.25) is 4.79 Å². The predicted octanol–water partition coefficient (Wildman–Crippen LogP) is 4.13. The zero-order valence-corrected chi connectivity index (χ0v) is 23.4. The minimum Gasteiger partial charge on any atom is -0.478 e. The molecule has 7 nitrogen and oxygen atoms in total. The molecule has 0 aromatic rings. The molecule has 204 valence electrons. The summed E-state index contributed by atoms with van der Waals surface area (Å²) in [5, 5.41) is 21.6. The molecule has 3 aliphatic carbocycles. The van der Waals surface area contributed by atoms with E-state index in [0.717, 1.165) is 63.7 Å². The number of thiol groups is 1. The van der Waals surface area contributed by atoms with E-state index in [0.29, 0.717) is 48.4 Å². The summed E-state index contributed by atoms with van der Waals surface area (Å²) in [5.41, 5.74) is 2.81. The first-order valence-electron chi connectivity index (χ1n) is 14.1. The van der Waals surface area contributed by atoms with Crippen LogP contribution in [-0.2, 0) is 9.53 Å². The number of ether oxygens (including phenoxy) is 1. The SMILES string of the molecule is CC1CC2=C(NC(=O)/C(C=N)=C(/NCCNC3CCNCC3)OCC3CCCCC3)CC(C2)C1.CS. The van der Waals surface area contributed by atoms with E-state index in [1.54, 1.807) is 6.26 Å². The summed E-state index contributed by atoms with van der Waals surface area (Å²) in [7, 11) is 0. The van der Waals surface area contributed by atoms with Gasteiger partial charge in [-0.15, -0.1) is 0 Å². The number of piperidine rings is 1. The van der Waals surface area contributed by atoms with Crippen molar-refractivity contribution in [3.63, 3.8) is 0 Å². The van der Waals surface area contributed by atoms with E-state index in [-0.39, 0.29) is 5.91 Å². The molecule has 2 saturated carbocycles. The van der Waals surface area contributed by atoms with Gasteiger partial charge in [-0.05, 0) is 88.5 Å². The number of amides is 1. The van der Waals surface area contributed by atoms with Crippen LogP contribution in [0.4, 0.5) is 0 Å². The second kappa shape index (κ2) is 15.7. The number of nitrogens with one attached hydrogen (secondary N) is 5. The Hall–Kier alpha value is -1.51. The second-order valence-corrected chi connectivity index (χ2v) is 11.0. The Morgan fingerprint density at radius 3 is 2.56 bits per heavy atom. The molecule has 4 rings (SSSR count). The highest BCUT2D eigenvalue weighted by molar-refractivity contribution is 7.79. The van der Waals surface area contributed by atoms with Gasteiger partial charge in [0, 0.05) is 31.0 Å². The predicted molar refractivity (Wildman–Crippen MR) is 151 cm³/mol. The fourth-order valence-electron chi connectivity index (χ4n) is 6.26. The van der Waals surface area contributed by atoms with Crippen LogP contribution in [0, 0.1) is 23.2 Å². The lowest BCUT2D eigenvalue weighted by Gasteiger charge is -2.25. The van der Waals surface area contributed by atoms with Gasteiger partial charge in [0.25, 0.3) is 5.91 Å². The van der Waals surface area contributed by atoms with Crippen molar-refractivity contribution in [2.75, 3.05) is 39.0 Å². The summed E-state index contributed by atoms with van der Waals surface area (Å²) in [4.78, 5) is 13.3.